The van der Waals surface area contributed by atoms with Gasteiger partial charge in [-0.1, -0.05) is 18.5 Å². The molecule has 5 heteroatoms. The van der Waals surface area contributed by atoms with Crippen molar-refractivity contribution in [3.05, 3.63) is 29.0 Å². The van der Waals surface area contributed by atoms with E-state index < -0.39 is 0 Å². The zero-order valence-corrected chi connectivity index (χ0v) is 11.0. The topological polar surface area (TPSA) is 32.3 Å². The fourth-order valence-corrected chi connectivity index (χ4v) is 2.34. The van der Waals surface area contributed by atoms with E-state index in [4.69, 9.17) is 11.6 Å². The number of carbonyl (C=O) groups is 1. The molecule has 0 aliphatic carbocycles. The van der Waals surface area contributed by atoms with Crippen molar-refractivity contribution in [2.75, 3.05) is 18.0 Å². The summed E-state index contributed by atoms with van der Waals surface area (Å²) in [6, 6.07) is 3.90. The Morgan fingerprint density at radius 2 is 2.33 bits per heavy atom. The number of anilines is 1. The van der Waals surface area contributed by atoms with Crippen molar-refractivity contribution in [1.82, 2.24) is 5.32 Å². The predicted octanol–water partition coefficient (Wildman–Crippen LogP) is 2.58. The first-order valence-electron chi connectivity index (χ1n) is 6.13. The van der Waals surface area contributed by atoms with Gasteiger partial charge in [0.15, 0.2) is 0 Å². The van der Waals surface area contributed by atoms with Crippen LogP contribution in [0.15, 0.2) is 18.2 Å². The first kappa shape index (κ1) is 13.3. The third-order valence-corrected chi connectivity index (χ3v) is 3.36. The van der Waals surface area contributed by atoms with Crippen molar-refractivity contribution in [1.29, 1.82) is 0 Å². The Morgan fingerprint density at radius 3 is 3.06 bits per heavy atom. The molecule has 1 N–H and O–H groups in total. The minimum atomic E-state index is -0.382. The molecule has 1 fully saturated rings. The number of hydrogen-bond donors (Lipinski definition) is 1. The molecule has 1 aromatic rings. The van der Waals surface area contributed by atoms with Gasteiger partial charge in [-0.05, 0) is 37.6 Å². The molecule has 0 saturated carbocycles. The van der Waals surface area contributed by atoms with Crippen LogP contribution in [0.2, 0.25) is 5.02 Å². The molecule has 1 aliphatic rings. The van der Waals surface area contributed by atoms with Crippen LogP contribution in [0.25, 0.3) is 0 Å². The molecule has 3 nitrogen and oxygen atoms in total. The number of carbonyl (C=O) groups excluding carboxylic acids is 1. The molecule has 0 aromatic heterocycles. The van der Waals surface area contributed by atoms with E-state index >= 15 is 0 Å². The van der Waals surface area contributed by atoms with E-state index in [1.165, 1.54) is 18.2 Å². The van der Waals surface area contributed by atoms with E-state index in [0.29, 0.717) is 17.3 Å². The normalized spacial score (nSPS) is 19.6. The highest BCUT2D eigenvalue weighted by Crippen LogP contribution is 2.30. The lowest BCUT2D eigenvalue weighted by Crippen LogP contribution is -2.38. The molecule has 18 heavy (non-hydrogen) atoms. The van der Waals surface area contributed by atoms with Crippen LogP contribution in [0.4, 0.5) is 10.1 Å². The maximum atomic E-state index is 13.2. The minimum Gasteiger partial charge on any atom is -0.309 e. The van der Waals surface area contributed by atoms with Crippen molar-refractivity contribution in [2.45, 2.75) is 25.8 Å². The largest absolute Gasteiger partial charge is 0.309 e. The molecule has 1 saturated heterocycles. The summed E-state index contributed by atoms with van der Waals surface area (Å²) in [7, 11) is 0. The maximum absolute atomic E-state index is 13.2. The fraction of sp³-hybridized carbons (Fsp3) is 0.462. The molecule has 1 aromatic carbocycles. The van der Waals surface area contributed by atoms with Gasteiger partial charge in [-0.2, -0.15) is 0 Å². The number of nitrogens with zero attached hydrogens (tertiary/aromatic N) is 1. The van der Waals surface area contributed by atoms with E-state index in [1.54, 1.807) is 4.90 Å². The molecular formula is C13H16ClFN2O. The Kier molecular flexibility index (Phi) is 4.19. The lowest BCUT2D eigenvalue weighted by molar-refractivity contribution is -0.118. The number of nitrogens with one attached hydrogen (secondary N) is 1. The van der Waals surface area contributed by atoms with Gasteiger partial charge in [-0.3, -0.25) is 4.79 Å². The summed E-state index contributed by atoms with van der Waals surface area (Å²) in [6.07, 6.45) is 1.70. The standard InChI is InChI=1S/C13H16ClFN2O/c1-2-6-16-11-5-7-17(13(11)18)12-8-9(15)3-4-10(12)14/h3-4,8,11,16H,2,5-7H2,1H3. The second-order valence-electron chi connectivity index (χ2n) is 4.38. The summed E-state index contributed by atoms with van der Waals surface area (Å²) >= 11 is 6.01. The van der Waals surface area contributed by atoms with Gasteiger partial charge in [0.25, 0.3) is 0 Å². The van der Waals surface area contributed by atoms with Crippen LogP contribution < -0.4 is 10.2 Å². The zero-order chi connectivity index (χ0) is 13.1. The third kappa shape index (κ3) is 2.65. The Balaban J connectivity index is 2.15. The predicted molar refractivity (Wildman–Crippen MR) is 70.5 cm³/mol. The molecule has 98 valence electrons. The summed E-state index contributed by atoms with van der Waals surface area (Å²) in [5.41, 5.74) is 0.461. The molecule has 2 rings (SSSR count). The number of hydrogen-bond acceptors (Lipinski definition) is 2. The smallest absolute Gasteiger partial charge is 0.244 e. The number of benzene rings is 1. The van der Waals surface area contributed by atoms with Crippen LogP contribution in [0.3, 0.4) is 0 Å². The average molecular weight is 271 g/mol. The second-order valence-corrected chi connectivity index (χ2v) is 4.79. The molecule has 1 atom stereocenters. The van der Waals surface area contributed by atoms with Gasteiger partial charge in [0.05, 0.1) is 16.8 Å². The lowest BCUT2D eigenvalue weighted by Gasteiger charge is -2.18. The Labute approximate surface area is 111 Å². The summed E-state index contributed by atoms with van der Waals surface area (Å²) in [5.74, 6) is -0.414. The Hall–Kier alpha value is -1.13. The molecule has 1 heterocycles. The summed E-state index contributed by atoms with van der Waals surface area (Å²) in [5, 5.41) is 3.59. The zero-order valence-electron chi connectivity index (χ0n) is 10.2. The third-order valence-electron chi connectivity index (χ3n) is 3.05. The van der Waals surface area contributed by atoms with E-state index in [0.717, 1.165) is 19.4 Å². The van der Waals surface area contributed by atoms with Crippen LogP contribution in [0, 0.1) is 5.82 Å². The van der Waals surface area contributed by atoms with Gasteiger partial charge in [-0.15, -0.1) is 0 Å². The molecule has 0 bridgehead atoms. The Bertz CT molecular complexity index is 453. The van der Waals surface area contributed by atoms with Crippen LogP contribution >= 0.6 is 11.6 Å². The van der Waals surface area contributed by atoms with Crippen LogP contribution in [-0.4, -0.2) is 25.0 Å². The summed E-state index contributed by atoms with van der Waals surface area (Å²) in [6.45, 7) is 3.43. The molecule has 1 amide bonds. The van der Waals surface area contributed by atoms with Crippen molar-refractivity contribution in [3.63, 3.8) is 0 Å². The average Bonchev–Trinajstić information content (AvgIpc) is 2.71. The molecular weight excluding hydrogens is 255 g/mol. The minimum absolute atomic E-state index is 0.0315. The molecule has 1 aliphatic heterocycles. The van der Waals surface area contributed by atoms with Gasteiger partial charge in [0.2, 0.25) is 5.91 Å². The molecule has 0 radical (unpaired) electrons. The van der Waals surface area contributed by atoms with Gasteiger partial charge < -0.3 is 10.2 Å². The van der Waals surface area contributed by atoms with Crippen LogP contribution in [0.5, 0.6) is 0 Å². The van der Waals surface area contributed by atoms with Crippen LogP contribution in [0.1, 0.15) is 19.8 Å². The molecule has 0 spiro atoms. The fourth-order valence-electron chi connectivity index (χ4n) is 2.12. The second kappa shape index (κ2) is 5.67. The highest BCUT2D eigenvalue weighted by molar-refractivity contribution is 6.33. The van der Waals surface area contributed by atoms with E-state index in [-0.39, 0.29) is 17.8 Å². The van der Waals surface area contributed by atoms with Crippen molar-refractivity contribution < 1.29 is 9.18 Å². The maximum Gasteiger partial charge on any atom is 0.244 e. The highest BCUT2D eigenvalue weighted by Gasteiger charge is 2.32. The number of halogens is 2. The van der Waals surface area contributed by atoms with Crippen LogP contribution in [-0.2, 0) is 4.79 Å². The van der Waals surface area contributed by atoms with Gasteiger partial charge in [0.1, 0.15) is 5.82 Å². The number of rotatable bonds is 4. The van der Waals surface area contributed by atoms with E-state index in [9.17, 15) is 9.18 Å². The van der Waals surface area contributed by atoms with Crippen molar-refractivity contribution >= 4 is 23.2 Å². The van der Waals surface area contributed by atoms with Gasteiger partial charge in [0, 0.05) is 6.54 Å². The monoisotopic (exact) mass is 270 g/mol. The first-order valence-corrected chi connectivity index (χ1v) is 6.51. The SMILES string of the molecule is CCCNC1CCN(c2cc(F)ccc2Cl)C1=O. The Morgan fingerprint density at radius 1 is 1.56 bits per heavy atom. The van der Waals surface area contributed by atoms with Gasteiger partial charge in [-0.25, -0.2) is 4.39 Å². The molecule has 1 unspecified atom stereocenters. The summed E-state index contributed by atoms with van der Waals surface area (Å²) in [4.78, 5) is 13.7. The van der Waals surface area contributed by atoms with E-state index in [1.807, 2.05) is 6.92 Å². The highest BCUT2D eigenvalue weighted by atomic mass is 35.5. The van der Waals surface area contributed by atoms with Crippen molar-refractivity contribution in [2.24, 2.45) is 0 Å². The van der Waals surface area contributed by atoms with Gasteiger partial charge >= 0.3 is 0 Å². The summed E-state index contributed by atoms with van der Waals surface area (Å²) < 4.78 is 13.2. The number of amides is 1. The lowest BCUT2D eigenvalue weighted by atomic mass is 10.2. The first-order chi connectivity index (χ1) is 8.63. The van der Waals surface area contributed by atoms with E-state index in [2.05, 4.69) is 5.32 Å². The van der Waals surface area contributed by atoms with Crippen molar-refractivity contribution in [3.8, 4) is 0 Å². The quantitative estimate of drug-likeness (QED) is 0.912.